The van der Waals surface area contributed by atoms with Gasteiger partial charge in [0.25, 0.3) is 0 Å². The third-order valence-corrected chi connectivity index (χ3v) is 5.56. The Kier molecular flexibility index (Phi) is 5.62. The molecule has 0 amide bonds. The number of Topliss-reactive ketones (excluding diaryl/α,β-unsaturated/α-hetero) is 1. The summed E-state index contributed by atoms with van der Waals surface area (Å²) >= 11 is 9.24. The number of carbonyl (C=O) groups is 2. The lowest BCUT2D eigenvalue weighted by Gasteiger charge is -2.32. The van der Waals surface area contributed by atoms with Gasteiger partial charge in [0.1, 0.15) is 5.82 Å². The summed E-state index contributed by atoms with van der Waals surface area (Å²) in [5, 5.41) is 9.01. The lowest BCUT2D eigenvalue weighted by atomic mass is 9.91. The van der Waals surface area contributed by atoms with Gasteiger partial charge in [-0.05, 0) is 59.3 Å². The Bertz CT molecular complexity index is 827. The summed E-state index contributed by atoms with van der Waals surface area (Å²) in [5.41, 5.74) is 1.45. The maximum Gasteiger partial charge on any atom is 0.354 e. The molecule has 138 valence electrons. The molecule has 0 saturated carbocycles. The number of aromatic nitrogens is 3. The van der Waals surface area contributed by atoms with E-state index in [0.29, 0.717) is 31.0 Å². The van der Waals surface area contributed by atoms with Crippen LogP contribution in [-0.2, 0) is 0 Å². The zero-order valence-electron chi connectivity index (χ0n) is 14.1. The number of hydrogen-bond acceptors (Lipinski definition) is 5. The first kappa shape index (κ1) is 18.8. The maximum atomic E-state index is 12.4. The molecule has 0 atom stereocenters. The van der Waals surface area contributed by atoms with Crippen molar-refractivity contribution in [2.75, 3.05) is 18.0 Å². The lowest BCUT2D eigenvalue weighted by molar-refractivity contribution is 0.0690. The van der Waals surface area contributed by atoms with Gasteiger partial charge in [-0.15, -0.1) is 0 Å². The number of aryl methyl sites for hydroxylation is 1. The average molecular weight is 442 g/mol. The Morgan fingerprint density at radius 3 is 2.62 bits per heavy atom. The highest BCUT2D eigenvalue weighted by molar-refractivity contribution is 9.10. The summed E-state index contributed by atoms with van der Waals surface area (Å²) in [4.78, 5) is 36.4. The van der Waals surface area contributed by atoms with Crippen LogP contribution in [0.5, 0.6) is 0 Å². The molecule has 0 unspecified atom stereocenters. The van der Waals surface area contributed by atoms with Gasteiger partial charge < -0.3 is 15.0 Å². The number of carboxylic acid groups (broad SMARTS) is 1. The number of nitrogens with one attached hydrogen (secondary N) is 1. The van der Waals surface area contributed by atoms with E-state index in [1.54, 1.807) is 0 Å². The van der Waals surface area contributed by atoms with Gasteiger partial charge in [0.2, 0.25) is 5.28 Å². The van der Waals surface area contributed by atoms with E-state index in [9.17, 15) is 9.59 Å². The van der Waals surface area contributed by atoms with E-state index in [0.717, 1.165) is 23.0 Å². The molecule has 2 aromatic rings. The molecule has 0 aromatic carbocycles. The van der Waals surface area contributed by atoms with Gasteiger partial charge in [-0.25, -0.2) is 14.8 Å². The number of anilines is 1. The number of piperidine rings is 1. The summed E-state index contributed by atoms with van der Waals surface area (Å²) in [6, 6.07) is 3.25. The smallest absolute Gasteiger partial charge is 0.354 e. The second-order valence-corrected chi connectivity index (χ2v) is 7.59. The summed E-state index contributed by atoms with van der Waals surface area (Å²) < 4.78 is 0.908. The predicted molar refractivity (Wildman–Crippen MR) is 101 cm³/mol. The standard InChI is InChI=1S/C17H18BrClN4O3/c1-9-11(18)7-12(20-9)14(24)6-10-2-4-23(5-3-10)15-8-13(16(25)26)21-17(19)22-15/h7-8,10,20H,2-6H2,1H3,(H,25,26). The zero-order chi connectivity index (χ0) is 18.8. The number of carboxylic acids is 1. The minimum Gasteiger partial charge on any atom is -0.477 e. The molecule has 0 radical (unpaired) electrons. The van der Waals surface area contributed by atoms with Crippen molar-refractivity contribution < 1.29 is 14.7 Å². The number of nitrogens with zero attached hydrogens (tertiary/aromatic N) is 3. The molecule has 3 heterocycles. The minimum absolute atomic E-state index is 0.0788. The molecule has 1 aliphatic heterocycles. The van der Waals surface area contributed by atoms with Crippen molar-refractivity contribution in [1.29, 1.82) is 0 Å². The second-order valence-electron chi connectivity index (χ2n) is 6.40. The molecule has 1 aliphatic rings. The van der Waals surface area contributed by atoms with Crippen molar-refractivity contribution in [3.8, 4) is 0 Å². The van der Waals surface area contributed by atoms with Crippen LogP contribution in [0.25, 0.3) is 0 Å². The summed E-state index contributed by atoms with van der Waals surface area (Å²) in [7, 11) is 0. The van der Waals surface area contributed by atoms with Crippen LogP contribution >= 0.6 is 27.5 Å². The zero-order valence-corrected chi connectivity index (χ0v) is 16.5. The van der Waals surface area contributed by atoms with Gasteiger partial charge in [-0.3, -0.25) is 4.79 Å². The summed E-state index contributed by atoms with van der Waals surface area (Å²) in [6.45, 7) is 3.30. The minimum atomic E-state index is -1.14. The lowest BCUT2D eigenvalue weighted by Crippen LogP contribution is -2.35. The van der Waals surface area contributed by atoms with Crippen molar-refractivity contribution in [2.24, 2.45) is 5.92 Å². The fourth-order valence-corrected chi connectivity index (χ4v) is 3.60. The third kappa shape index (κ3) is 4.24. The molecule has 9 heteroatoms. The highest BCUT2D eigenvalue weighted by atomic mass is 79.9. The molecule has 3 rings (SSSR count). The number of hydrogen-bond donors (Lipinski definition) is 2. The number of rotatable bonds is 5. The fourth-order valence-electron chi connectivity index (χ4n) is 3.10. The molecule has 7 nitrogen and oxygen atoms in total. The molecule has 1 fully saturated rings. The maximum absolute atomic E-state index is 12.4. The average Bonchev–Trinajstić information content (AvgIpc) is 2.94. The van der Waals surface area contributed by atoms with E-state index in [-0.39, 0.29) is 22.7 Å². The first-order chi connectivity index (χ1) is 12.3. The first-order valence-electron chi connectivity index (χ1n) is 8.24. The largest absolute Gasteiger partial charge is 0.477 e. The van der Waals surface area contributed by atoms with Crippen LogP contribution in [0.15, 0.2) is 16.6 Å². The van der Waals surface area contributed by atoms with Crippen molar-refractivity contribution >= 4 is 45.1 Å². The number of ketones is 1. The van der Waals surface area contributed by atoms with E-state index < -0.39 is 5.97 Å². The Hall–Kier alpha value is -1.93. The molecule has 2 N–H and O–H groups in total. The van der Waals surface area contributed by atoms with Gasteiger partial charge >= 0.3 is 5.97 Å². The number of H-pyrrole nitrogens is 1. The Morgan fingerprint density at radius 2 is 2.04 bits per heavy atom. The van der Waals surface area contributed by atoms with Crippen LogP contribution in [0, 0.1) is 12.8 Å². The number of halogens is 2. The van der Waals surface area contributed by atoms with Crippen LogP contribution in [0.4, 0.5) is 5.82 Å². The van der Waals surface area contributed by atoms with E-state index in [2.05, 4.69) is 30.9 Å². The molecule has 0 aliphatic carbocycles. The Morgan fingerprint density at radius 1 is 1.35 bits per heavy atom. The molecular weight excluding hydrogens is 424 g/mol. The van der Waals surface area contributed by atoms with E-state index in [1.807, 2.05) is 17.9 Å². The van der Waals surface area contributed by atoms with E-state index in [4.69, 9.17) is 16.7 Å². The van der Waals surface area contributed by atoms with Crippen LogP contribution in [0.2, 0.25) is 5.28 Å². The second kappa shape index (κ2) is 7.75. The molecule has 26 heavy (non-hydrogen) atoms. The van der Waals surface area contributed by atoms with Crippen molar-refractivity contribution in [1.82, 2.24) is 15.0 Å². The summed E-state index contributed by atoms with van der Waals surface area (Å²) in [5.74, 6) is -0.229. The summed E-state index contributed by atoms with van der Waals surface area (Å²) in [6.07, 6.45) is 2.15. The van der Waals surface area contributed by atoms with Crippen LogP contribution in [0.3, 0.4) is 0 Å². The van der Waals surface area contributed by atoms with Crippen molar-refractivity contribution in [2.45, 2.75) is 26.2 Å². The van der Waals surface area contributed by atoms with Crippen molar-refractivity contribution in [3.05, 3.63) is 39.0 Å². The third-order valence-electron chi connectivity index (χ3n) is 4.57. The fraction of sp³-hybridized carbons (Fsp3) is 0.412. The van der Waals surface area contributed by atoms with Crippen LogP contribution in [0.1, 0.15) is 45.9 Å². The van der Waals surface area contributed by atoms with Gasteiger partial charge in [-0.2, -0.15) is 0 Å². The van der Waals surface area contributed by atoms with Crippen molar-refractivity contribution in [3.63, 3.8) is 0 Å². The molecule has 1 saturated heterocycles. The topological polar surface area (TPSA) is 99.2 Å². The number of aromatic carboxylic acids is 1. The Labute approximate surface area is 163 Å². The molecular formula is C17H18BrClN4O3. The first-order valence-corrected chi connectivity index (χ1v) is 9.41. The van der Waals surface area contributed by atoms with Gasteiger partial charge in [0.05, 0.1) is 5.69 Å². The molecule has 2 aromatic heterocycles. The predicted octanol–water partition coefficient (Wildman–Crippen LogP) is 3.72. The van der Waals surface area contributed by atoms with Crippen LogP contribution < -0.4 is 4.90 Å². The van der Waals surface area contributed by atoms with E-state index in [1.165, 1.54) is 6.07 Å². The quantitative estimate of drug-likeness (QED) is 0.542. The van der Waals surface area contributed by atoms with Gasteiger partial charge in [-0.1, -0.05) is 0 Å². The van der Waals surface area contributed by atoms with Gasteiger partial charge in [0.15, 0.2) is 11.5 Å². The highest BCUT2D eigenvalue weighted by Crippen LogP contribution is 2.27. The number of carbonyl (C=O) groups excluding carboxylic acids is 1. The molecule has 0 bridgehead atoms. The monoisotopic (exact) mass is 440 g/mol. The Balaban J connectivity index is 1.61. The van der Waals surface area contributed by atoms with E-state index >= 15 is 0 Å². The van der Waals surface area contributed by atoms with Crippen LogP contribution in [-0.4, -0.2) is 44.9 Å². The number of aromatic amines is 1. The SMILES string of the molecule is Cc1[nH]c(C(=O)CC2CCN(c3cc(C(=O)O)nc(Cl)n3)CC2)cc1Br. The van der Waals surface area contributed by atoms with Gasteiger partial charge in [0, 0.05) is 35.7 Å². The normalized spacial score (nSPS) is 15.3. The highest BCUT2D eigenvalue weighted by Gasteiger charge is 2.24. The molecule has 0 spiro atoms.